The van der Waals surface area contributed by atoms with Crippen molar-refractivity contribution in [3.63, 3.8) is 0 Å². The van der Waals surface area contributed by atoms with Crippen LogP contribution >= 0.6 is 0 Å². The second-order valence-corrected chi connectivity index (χ2v) is 6.08. The minimum Gasteiger partial charge on any atom is -0.496 e. The van der Waals surface area contributed by atoms with E-state index in [0.29, 0.717) is 5.92 Å². The Balaban J connectivity index is 2.92. The topological polar surface area (TPSA) is 29.5 Å². The van der Waals surface area contributed by atoms with Crippen molar-refractivity contribution >= 4 is 6.08 Å². The van der Waals surface area contributed by atoms with Gasteiger partial charge in [-0.2, -0.15) is 0 Å². The summed E-state index contributed by atoms with van der Waals surface area (Å²) in [4.78, 5) is 0. The van der Waals surface area contributed by atoms with Gasteiger partial charge in [-0.3, -0.25) is 0 Å². The number of hydrogen-bond donors (Lipinski definition) is 1. The maximum Gasteiger partial charge on any atom is 0.126 e. The van der Waals surface area contributed by atoms with Gasteiger partial charge in [-0.05, 0) is 35.4 Å². The largest absolute Gasteiger partial charge is 0.496 e. The molecule has 0 bridgehead atoms. The van der Waals surface area contributed by atoms with E-state index in [4.69, 9.17) is 4.74 Å². The molecule has 0 aliphatic rings. The first-order chi connectivity index (χ1) is 8.89. The predicted octanol–water partition coefficient (Wildman–Crippen LogP) is 4.24. The molecular weight excluding hydrogens is 236 g/mol. The fourth-order valence-electron chi connectivity index (χ4n) is 1.81. The van der Waals surface area contributed by atoms with Gasteiger partial charge in [0, 0.05) is 12.2 Å². The van der Waals surface area contributed by atoms with Gasteiger partial charge in [0.1, 0.15) is 5.75 Å². The standard InChI is InChI=1S/C17H26O2/c1-13(2)14-8-9-16(19-5)15(11-14)7-6-10-17(3,4)12-18/h6-9,11,13,18H,10,12H2,1-5H3. The van der Waals surface area contributed by atoms with Gasteiger partial charge < -0.3 is 9.84 Å². The summed E-state index contributed by atoms with van der Waals surface area (Å²) in [5.74, 6) is 1.40. The van der Waals surface area contributed by atoms with Gasteiger partial charge in [-0.25, -0.2) is 0 Å². The highest BCUT2D eigenvalue weighted by molar-refractivity contribution is 5.58. The molecule has 0 aliphatic carbocycles. The monoisotopic (exact) mass is 262 g/mol. The molecule has 2 nitrogen and oxygen atoms in total. The zero-order valence-corrected chi connectivity index (χ0v) is 12.7. The number of benzene rings is 1. The van der Waals surface area contributed by atoms with E-state index in [-0.39, 0.29) is 12.0 Å². The molecule has 1 N–H and O–H groups in total. The molecule has 0 radical (unpaired) electrons. The maximum absolute atomic E-state index is 9.25. The molecule has 0 amide bonds. The highest BCUT2D eigenvalue weighted by Crippen LogP contribution is 2.26. The SMILES string of the molecule is COc1ccc(C(C)C)cc1C=CCC(C)(C)CO. The third-order valence-electron chi connectivity index (χ3n) is 3.32. The molecular formula is C17H26O2. The van der Waals surface area contributed by atoms with Crippen LogP contribution in [0.25, 0.3) is 6.08 Å². The van der Waals surface area contributed by atoms with Crippen molar-refractivity contribution < 1.29 is 9.84 Å². The second kappa shape index (κ2) is 6.76. The molecule has 106 valence electrons. The summed E-state index contributed by atoms with van der Waals surface area (Å²) in [6.45, 7) is 8.67. The minimum absolute atomic E-state index is 0.0700. The van der Waals surface area contributed by atoms with Crippen molar-refractivity contribution in [3.8, 4) is 5.75 Å². The van der Waals surface area contributed by atoms with Gasteiger partial charge in [-0.15, -0.1) is 0 Å². The van der Waals surface area contributed by atoms with Crippen molar-refractivity contribution in [2.24, 2.45) is 5.41 Å². The molecule has 2 heteroatoms. The molecule has 0 aliphatic heterocycles. The zero-order chi connectivity index (χ0) is 14.5. The van der Waals surface area contributed by atoms with Crippen LogP contribution in [0.4, 0.5) is 0 Å². The number of ether oxygens (including phenoxy) is 1. The number of aliphatic hydroxyl groups is 1. The number of rotatable bonds is 6. The molecule has 0 unspecified atom stereocenters. The van der Waals surface area contributed by atoms with E-state index in [9.17, 15) is 5.11 Å². The predicted molar refractivity (Wildman–Crippen MR) is 81.6 cm³/mol. The molecule has 1 aromatic carbocycles. The van der Waals surface area contributed by atoms with E-state index >= 15 is 0 Å². The molecule has 0 atom stereocenters. The van der Waals surface area contributed by atoms with Crippen molar-refractivity contribution in [1.29, 1.82) is 0 Å². The molecule has 0 heterocycles. The Kier molecular flexibility index (Phi) is 5.61. The third kappa shape index (κ3) is 4.71. The van der Waals surface area contributed by atoms with Crippen LogP contribution in [0.3, 0.4) is 0 Å². The normalized spacial score (nSPS) is 12.4. The molecule has 1 aromatic rings. The van der Waals surface area contributed by atoms with E-state index in [2.05, 4.69) is 52.0 Å². The van der Waals surface area contributed by atoms with E-state index in [1.165, 1.54) is 5.56 Å². The smallest absolute Gasteiger partial charge is 0.126 e. The summed E-state index contributed by atoms with van der Waals surface area (Å²) in [7, 11) is 1.69. The van der Waals surface area contributed by atoms with Crippen molar-refractivity contribution in [3.05, 3.63) is 35.4 Å². The quantitative estimate of drug-likeness (QED) is 0.831. The summed E-state index contributed by atoms with van der Waals surface area (Å²) < 4.78 is 5.39. The Hall–Kier alpha value is -1.28. The summed E-state index contributed by atoms with van der Waals surface area (Å²) in [5.41, 5.74) is 2.34. The van der Waals surface area contributed by atoms with Gasteiger partial charge in [0.05, 0.1) is 7.11 Å². The molecule has 0 saturated carbocycles. The van der Waals surface area contributed by atoms with Gasteiger partial charge in [0.2, 0.25) is 0 Å². The first kappa shape index (κ1) is 15.8. The number of aliphatic hydroxyl groups excluding tert-OH is 1. The van der Waals surface area contributed by atoms with E-state index in [1.54, 1.807) is 7.11 Å². The molecule has 0 saturated heterocycles. The summed E-state index contributed by atoms with van der Waals surface area (Å²) in [6, 6.07) is 6.30. The second-order valence-electron chi connectivity index (χ2n) is 6.08. The van der Waals surface area contributed by atoms with E-state index in [1.807, 2.05) is 6.07 Å². The maximum atomic E-state index is 9.25. The van der Waals surface area contributed by atoms with Crippen LogP contribution in [0.1, 0.15) is 51.2 Å². The summed E-state index contributed by atoms with van der Waals surface area (Å²) in [6.07, 6.45) is 5.04. The van der Waals surface area contributed by atoms with E-state index in [0.717, 1.165) is 17.7 Å². The summed E-state index contributed by atoms with van der Waals surface area (Å²) in [5, 5.41) is 9.25. The molecule has 1 rings (SSSR count). The van der Waals surface area contributed by atoms with Crippen LogP contribution in [0.15, 0.2) is 24.3 Å². The summed E-state index contributed by atoms with van der Waals surface area (Å²) >= 11 is 0. The van der Waals surface area contributed by atoms with Crippen LogP contribution in [0, 0.1) is 5.41 Å². The lowest BCUT2D eigenvalue weighted by atomic mass is 9.90. The lowest BCUT2D eigenvalue weighted by Gasteiger charge is -2.18. The molecule has 19 heavy (non-hydrogen) atoms. The Bertz CT molecular complexity index is 431. The first-order valence-electron chi connectivity index (χ1n) is 6.85. The van der Waals surface area contributed by atoms with Crippen LogP contribution < -0.4 is 4.74 Å². The Labute approximate surface area is 117 Å². The fourth-order valence-corrected chi connectivity index (χ4v) is 1.81. The molecule has 0 spiro atoms. The first-order valence-corrected chi connectivity index (χ1v) is 6.85. The van der Waals surface area contributed by atoms with Gasteiger partial charge in [0.15, 0.2) is 0 Å². The lowest BCUT2D eigenvalue weighted by molar-refractivity contribution is 0.162. The van der Waals surface area contributed by atoms with Crippen LogP contribution in [-0.4, -0.2) is 18.8 Å². The average Bonchev–Trinajstić information content (AvgIpc) is 2.38. The molecule has 0 aromatic heterocycles. The number of allylic oxidation sites excluding steroid dienone is 1. The van der Waals surface area contributed by atoms with Gasteiger partial charge in [-0.1, -0.05) is 45.9 Å². The third-order valence-corrected chi connectivity index (χ3v) is 3.32. The van der Waals surface area contributed by atoms with Crippen LogP contribution in [0.2, 0.25) is 0 Å². The Morgan fingerprint density at radius 1 is 1.32 bits per heavy atom. The Morgan fingerprint density at radius 3 is 2.53 bits per heavy atom. The van der Waals surface area contributed by atoms with Crippen LogP contribution in [0.5, 0.6) is 5.75 Å². The van der Waals surface area contributed by atoms with Gasteiger partial charge in [0.25, 0.3) is 0 Å². The number of methoxy groups -OCH3 is 1. The lowest BCUT2D eigenvalue weighted by Crippen LogP contribution is -2.14. The van der Waals surface area contributed by atoms with Crippen molar-refractivity contribution in [1.82, 2.24) is 0 Å². The molecule has 0 fully saturated rings. The zero-order valence-electron chi connectivity index (χ0n) is 12.7. The van der Waals surface area contributed by atoms with Crippen molar-refractivity contribution in [2.75, 3.05) is 13.7 Å². The number of hydrogen-bond acceptors (Lipinski definition) is 2. The van der Waals surface area contributed by atoms with Crippen molar-refractivity contribution in [2.45, 2.75) is 40.0 Å². The highest BCUT2D eigenvalue weighted by Gasteiger charge is 2.13. The van der Waals surface area contributed by atoms with E-state index < -0.39 is 0 Å². The fraction of sp³-hybridized carbons (Fsp3) is 0.529. The average molecular weight is 262 g/mol. The minimum atomic E-state index is -0.0700. The van der Waals surface area contributed by atoms with Gasteiger partial charge >= 0.3 is 0 Å². The van der Waals surface area contributed by atoms with Crippen LogP contribution in [-0.2, 0) is 0 Å². The highest BCUT2D eigenvalue weighted by atomic mass is 16.5. The Morgan fingerprint density at radius 2 is 2.00 bits per heavy atom.